The van der Waals surface area contributed by atoms with Crippen LogP contribution < -0.4 is 9.62 Å². The number of nitrogens with zero attached hydrogens (tertiary/aromatic N) is 2. The second kappa shape index (κ2) is 15.2. The van der Waals surface area contributed by atoms with Crippen LogP contribution in [0.2, 0.25) is 5.02 Å². The summed E-state index contributed by atoms with van der Waals surface area (Å²) >= 11 is 9.99. The summed E-state index contributed by atoms with van der Waals surface area (Å²) in [6.07, 6.45) is 0.965. The summed E-state index contributed by atoms with van der Waals surface area (Å²) in [5.74, 6) is -0.865. The lowest BCUT2D eigenvalue weighted by Crippen LogP contribution is -2.53. The first-order chi connectivity index (χ1) is 20.7. The number of benzene rings is 4. The highest BCUT2D eigenvalue weighted by atomic mass is 79.9. The third kappa shape index (κ3) is 8.46. The molecule has 224 valence electrons. The lowest BCUT2D eigenvalue weighted by atomic mass is 10.0. The number of halogens is 2. The maximum absolute atomic E-state index is 14.4. The standard InChI is InChI=1S/C33H33BrClN3O4S/c1-2-20-36-33(40)31(22-25-12-5-3-6-13-25)37(23-26-14-11-15-27(34)21-26)32(39)24-38(30-19-10-9-18-29(30)35)43(41,42)28-16-7-4-8-17-28/h3-19,21,31H,2,20,22-24H2,1H3,(H,36,40)/t31-/m0/s1. The van der Waals surface area contributed by atoms with E-state index in [9.17, 15) is 18.0 Å². The van der Waals surface area contributed by atoms with Crippen LogP contribution in [-0.4, -0.2) is 44.3 Å². The SMILES string of the molecule is CCCNC(=O)[C@H](Cc1ccccc1)N(Cc1cccc(Br)c1)C(=O)CN(c1ccccc1Cl)S(=O)(=O)c1ccccc1. The Labute approximate surface area is 266 Å². The van der Waals surface area contributed by atoms with Crippen molar-refractivity contribution in [1.82, 2.24) is 10.2 Å². The highest BCUT2D eigenvalue weighted by Crippen LogP contribution is 2.31. The normalized spacial score (nSPS) is 11.9. The monoisotopic (exact) mass is 681 g/mol. The number of amides is 2. The predicted molar refractivity (Wildman–Crippen MR) is 174 cm³/mol. The molecule has 0 unspecified atom stereocenters. The van der Waals surface area contributed by atoms with Crippen LogP contribution in [0.3, 0.4) is 0 Å². The molecule has 4 rings (SSSR count). The van der Waals surface area contributed by atoms with Crippen LogP contribution in [0.5, 0.6) is 0 Å². The van der Waals surface area contributed by atoms with Gasteiger partial charge in [0, 0.05) is 24.0 Å². The zero-order valence-corrected chi connectivity index (χ0v) is 26.9. The fourth-order valence-electron chi connectivity index (χ4n) is 4.64. The molecule has 4 aromatic rings. The van der Waals surface area contributed by atoms with Crippen molar-refractivity contribution in [2.45, 2.75) is 37.2 Å². The van der Waals surface area contributed by atoms with Gasteiger partial charge in [0.15, 0.2) is 0 Å². The van der Waals surface area contributed by atoms with Crippen LogP contribution in [0.15, 0.2) is 119 Å². The van der Waals surface area contributed by atoms with E-state index in [1.54, 1.807) is 42.5 Å². The number of carbonyl (C=O) groups is 2. The van der Waals surface area contributed by atoms with Gasteiger partial charge < -0.3 is 10.2 Å². The van der Waals surface area contributed by atoms with Crippen LogP contribution >= 0.6 is 27.5 Å². The number of hydrogen-bond donors (Lipinski definition) is 1. The molecule has 0 saturated carbocycles. The molecule has 0 heterocycles. The fourth-order valence-corrected chi connectivity index (χ4v) is 6.83. The van der Waals surface area contributed by atoms with Gasteiger partial charge in [-0.25, -0.2) is 8.42 Å². The number of carbonyl (C=O) groups excluding carboxylic acids is 2. The average Bonchev–Trinajstić information content (AvgIpc) is 3.01. The maximum Gasteiger partial charge on any atom is 0.264 e. The molecule has 0 bridgehead atoms. The van der Waals surface area contributed by atoms with Crippen molar-refractivity contribution >= 4 is 55.1 Å². The molecule has 4 aromatic carbocycles. The molecule has 43 heavy (non-hydrogen) atoms. The molecule has 0 spiro atoms. The number of hydrogen-bond acceptors (Lipinski definition) is 4. The summed E-state index contributed by atoms with van der Waals surface area (Å²) < 4.78 is 29.8. The summed E-state index contributed by atoms with van der Waals surface area (Å²) in [4.78, 5) is 29.5. The first-order valence-corrected chi connectivity index (χ1v) is 16.5. The number of anilines is 1. The van der Waals surface area contributed by atoms with Gasteiger partial charge in [-0.2, -0.15) is 0 Å². The lowest BCUT2D eigenvalue weighted by Gasteiger charge is -2.34. The van der Waals surface area contributed by atoms with Crippen molar-refractivity contribution in [3.05, 3.63) is 130 Å². The molecule has 0 aromatic heterocycles. The van der Waals surface area contributed by atoms with Gasteiger partial charge in [0.1, 0.15) is 12.6 Å². The first-order valence-electron chi connectivity index (χ1n) is 13.9. The van der Waals surface area contributed by atoms with E-state index in [4.69, 9.17) is 11.6 Å². The first kappa shape index (κ1) is 32.3. The molecule has 2 amide bonds. The fraction of sp³-hybridized carbons (Fsp3) is 0.212. The third-order valence-corrected chi connectivity index (χ3v) is 9.38. The van der Waals surface area contributed by atoms with E-state index in [0.29, 0.717) is 6.54 Å². The quantitative estimate of drug-likeness (QED) is 0.175. The van der Waals surface area contributed by atoms with E-state index in [-0.39, 0.29) is 34.5 Å². The van der Waals surface area contributed by atoms with Gasteiger partial charge in [0.05, 0.1) is 15.6 Å². The van der Waals surface area contributed by atoms with E-state index >= 15 is 0 Å². The van der Waals surface area contributed by atoms with Gasteiger partial charge >= 0.3 is 0 Å². The van der Waals surface area contributed by atoms with Crippen LogP contribution in [0.1, 0.15) is 24.5 Å². The molecule has 0 aliphatic carbocycles. The average molecular weight is 683 g/mol. The smallest absolute Gasteiger partial charge is 0.264 e. The zero-order chi connectivity index (χ0) is 30.8. The van der Waals surface area contributed by atoms with Crippen LogP contribution in [0.25, 0.3) is 0 Å². The lowest BCUT2D eigenvalue weighted by molar-refractivity contribution is -0.140. The Morgan fingerprint density at radius 2 is 1.49 bits per heavy atom. The topological polar surface area (TPSA) is 86.8 Å². The van der Waals surface area contributed by atoms with E-state index in [1.165, 1.54) is 17.0 Å². The Morgan fingerprint density at radius 3 is 2.14 bits per heavy atom. The van der Waals surface area contributed by atoms with Crippen molar-refractivity contribution in [1.29, 1.82) is 0 Å². The molecule has 0 aliphatic rings. The van der Waals surface area contributed by atoms with Gasteiger partial charge in [0.2, 0.25) is 11.8 Å². The molecule has 0 radical (unpaired) electrons. The summed E-state index contributed by atoms with van der Waals surface area (Å²) in [5.41, 5.74) is 1.81. The van der Waals surface area contributed by atoms with Crippen molar-refractivity contribution in [3.63, 3.8) is 0 Å². The van der Waals surface area contributed by atoms with Gasteiger partial charge in [0.25, 0.3) is 10.0 Å². The van der Waals surface area contributed by atoms with Gasteiger partial charge in [-0.05, 0) is 53.9 Å². The molecule has 1 N–H and O–H groups in total. The third-order valence-electron chi connectivity index (χ3n) is 6.79. The van der Waals surface area contributed by atoms with Gasteiger partial charge in [-0.15, -0.1) is 0 Å². The largest absolute Gasteiger partial charge is 0.354 e. The van der Waals surface area contributed by atoms with Gasteiger partial charge in [-0.1, -0.05) is 107 Å². The second-order valence-electron chi connectivity index (χ2n) is 9.92. The molecule has 10 heteroatoms. The molecular formula is C33H33BrClN3O4S. The number of rotatable bonds is 13. The van der Waals surface area contributed by atoms with Crippen LogP contribution in [-0.2, 0) is 32.6 Å². The summed E-state index contributed by atoms with van der Waals surface area (Å²) in [7, 11) is -4.21. The molecule has 1 atom stereocenters. The van der Waals surface area contributed by atoms with Crippen molar-refractivity contribution in [2.24, 2.45) is 0 Å². The minimum absolute atomic E-state index is 0.0165. The van der Waals surface area contributed by atoms with E-state index in [1.807, 2.05) is 61.5 Å². The van der Waals surface area contributed by atoms with Crippen molar-refractivity contribution in [2.75, 3.05) is 17.4 Å². The molecule has 0 saturated heterocycles. The molecule has 0 fully saturated rings. The molecule has 0 aliphatic heterocycles. The highest BCUT2D eigenvalue weighted by Gasteiger charge is 2.35. The maximum atomic E-state index is 14.4. The Hall–Kier alpha value is -3.66. The van der Waals surface area contributed by atoms with Crippen molar-refractivity contribution < 1.29 is 18.0 Å². The van der Waals surface area contributed by atoms with E-state index in [0.717, 1.165) is 26.3 Å². The Morgan fingerprint density at radius 1 is 0.860 bits per heavy atom. The summed E-state index contributed by atoms with van der Waals surface area (Å²) in [6.45, 7) is 1.91. The Bertz CT molecular complexity index is 1640. The number of nitrogens with one attached hydrogen (secondary N) is 1. The predicted octanol–water partition coefficient (Wildman–Crippen LogP) is 6.46. The zero-order valence-electron chi connectivity index (χ0n) is 23.7. The van der Waals surface area contributed by atoms with Crippen LogP contribution in [0, 0.1) is 0 Å². The Kier molecular flexibility index (Phi) is 11.4. The second-order valence-corrected chi connectivity index (χ2v) is 13.1. The summed E-state index contributed by atoms with van der Waals surface area (Å²) in [6, 6.07) is 30.4. The molecule has 7 nitrogen and oxygen atoms in total. The van der Waals surface area contributed by atoms with Gasteiger partial charge in [-0.3, -0.25) is 13.9 Å². The Balaban J connectivity index is 1.80. The highest BCUT2D eigenvalue weighted by molar-refractivity contribution is 9.10. The summed E-state index contributed by atoms with van der Waals surface area (Å²) in [5, 5.41) is 3.12. The molecular weight excluding hydrogens is 650 g/mol. The van der Waals surface area contributed by atoms with E-state index < -0.39 is 28.5 Å². The van der Waals surface area contributed by atoms with Crippen LogP contribution in [0.4, 0.5) is 5.69 Å². The van der Waals surface area contributed by atoms with E-state index in [2.05, 4.69) is 21.2 Å². The minimum atomic E-state index is -4.21. The van der Waals surface area contributed by atoms with Crippen molar-refractivity contribution in [3.8, 4) is 0 Å². The minimum Gasteiger partial charge on any atom is -0.354 e. The number of para-hydroxylation sites is 1. The number of sulfonamides is 1.